The lowest BCUT2D eigenvalue weighted by Crippen LogP contribution is -2.18. The predicted molar refractivity (Wildman–Crippen MR) is 147 cm³/mol. The van der Waals surface area contributed by atoms with Crippen LogP contribution in [-0.2, 0) is 6.61 Å². The number of rotatable bonds is 9. The Hall–Kier alpha value is -3.10. The molecule has 0 bridgehead atoms. The molecule has 1 N–H and O–H groups in total. The Labute approximate surface area is 224 Å². The largest absolute Gasteiger partial charge is 0.488 e. The molecule has 4 aromatic rings. The number of halogens is 1. The second-order valence-electron chi connectivity index (χ2n) is 8.45. The highest BCUT2D eigenvalue weighted by atomic mass is 79.9. The fourth-order valence-corrected chi connectivity index (χ4v) is 5.11. The fourth-order valence-electron chi connectivity index (χ4n) is 3.96. The van der Waals surface area contributed by atoms with E-state index in [1.165, 1.54) is 12.8 Å². The molecule has 1 unspecified atom stereocenters. The Balaban J connectivity index is 1.48. The van der Waals surface area contributed by atoms with E-state index in [0.717, 1.165) is 44.8 Å². The van der Waals surface area contributed by atoms with Crippen LogP contribution in [-0.4, -0.2) is 20.9 Å². The van der Waals surface area contributed by atoms with Crippen molar-refractivity contribution in [2.75, 3.05) is 11.1 Å². The van der Waals surface area contributed by atoms with Crippen molar-refractivity contribution in [2.24, 2.45) is 0 Å². The smallest absolute Gasteiger partial charge is 0.247 e. The summed E-state index contributed by atoms with van der Waals surface area (Å²) in [5, 5.41) is 13.1. The van der Waals surface area contributed by atoms with Crippen LogP contribution in [0.5, 0.6) is 11.6 Å². The lowest BCUT2D eigenvalue weighted by Gasteiger charge is -2.22. The van der Waals surface area contributed by atoms with Gasteiger partial charge < -0.3 is 14.8 Å². The number of ether oxygens (including phenoxy) is 2. The van der Waals surface area contributed by atoms with Crippen LogP contribution < -0.4 is 14.8 Å². The van der Waals surface area contributed by atoms with Crippen molar-refractivity contribution in [1.29, 1.82) is 0 Å². The molecule has 0 radical (unpaired) electrons. The summed E-state index contributed by atoms with van der Waals surface area (Å²) in [4.78, 5) is 4.77. The van der Waals surface area contributed by atoms with Crippen molar-refractivity contribution in [3.05, 3.63) is 88.4 Å². The molecule has 36 heavy (non-hydrogen) atoms. The molecule has 1 aliphatic heterocycles. The van der Waals surface area contributed by atoms with Gasteiger partial charge in [-0.15, -0.1) is 10.2 Å². The lowest BCUT2D eigenvalue weighted by atomic mass is 10.1. The summed E-state index contributed by atoms with van der Waals surface area (Å²) < 4.78 is 13.7. The summed E-state index contributed by atoms with van der Waals surface area (Å²) in [6.45, 7) is 2.65. The number of fused-ring (bicyclic) bond motifs is 3. The van der Waals surface area contributed by atoms with Crippen LogP contribution in [0, 0.1) is 0 Å². The first kappa shape index (κ1) is 24.6. The molecule has 1 atom stereocenters. The number of unbranched alkanes of at least 4 members (excludes halogenated alkanes) is 2. The number of hydrogen-bond donors (Lipinski definition) is 1. The Kier molecular flexibility index (Phi) is 8.03. The van der Waals surface area contributed by atoms with E-state index in [1.54, 1.807) is 11.8 Å². The first-order valence-corrected chi connectivity index (χ1v) is 13.9. The van der Waals surface area contributed by atoms with Gasteiger partial charge in [0.25, 0.3) is 0 Å². The molecule has 0 aliphatic carbocycles. The lowest BCUT2D eigenvalue weighted by molar-refractivity contribution is 0.214. The van der Waals surface area contributed by atoms with Crippen molar-refractivity contribution in [3.63, 3.8) is 0 Å². The minimum atomic E-state index is -0.537. The Morgan fingerprint density at radius 1 is 1.00 bits per heavy atom. The van der Waals surface area contributed by atoms with Crippen LogP contribution in [0.15, 0.2) is 82.4 Å². The molecule has 1 aliphatic rings. The van der Waals surface area contributed by atoms with E-state index in [0.29, 0.717) is 23.3 Å². The summed E-state index contributed by atoms with van der Waals surface area (Å²) >= 11 is 5.23. The molecule has 5 rings (SSSR count). The molecule has 6 nitrogen and oxygen atoms in total. The molecule has 8 heteroatoms. The number of aromatic nitrogens is 3. The zero-order chi connectivity index (χ0) is 24.7. The Bertz CT molecular complexity index is 1320. The molecule has 0 saturated heterocycles. The van der Waals surface area contributed by atoms with E-state index in [2.05, 4.69) is 38.4 Å². The number of para-hydroxylation sites is 1. The summed E-state index contributed by atoms with van der Waals surface area (Å²) in [5.41, 5.74) is 4.38. The van der Waals surface area contributed by atoms with E-state index in [9.17, 15) is 0 Å². The predicted octanol–water partition coefficient (Wildman–Crippen LogP) is 7.67. The Morgan fingerprint density at radius 3 is 2.69 bits per heavy atom. The normalized spacial score (nSPS) is 14.1. The summed E-state index contributed by atoms with van der Waals surface area (Å²) in [6, 6.07) is 24.0. The third-order valence-electron chi connectivity index (χ3n) is 5.80. The van der Waals surface area contributed by atoms with Gasteiger partial charge in [-0.2, -0.15) is 4.98 Å². The minimum Gasteiger partial charge on any atom is -0.488 e. The Morgan fingerprint density at radius 2 is 1.83 bits per heavy atom. The van der Waals surface area contributed by atoms with Crippen molar-refractivity contribution in [1.82, 2.24) is 15.2 Å². The second kappa shape index (κ2) is 11.8. The summed E-state index contributed by atoms with van der Waals surface area (Å²) in [5.74, 6) is 2.14. The maximum atomic E-state index is 6.50. The number of thioether (sulfide) groups is 1. The number of benzene rings is 3. The van der Waals surface area contributed by atoms with Gasteiger partial charge in [0, 0.05) is 21.5 Å². The van der Waals surface area contributed by atoms with Crippen molar-refractivity contribution in [3.8, 4) is 22.9 Å². The molecule has 0 spiro atoms. The average molecular weight is 564 g/mol. The van der Waals surface area contributed by atoms with E-state index in [4.69, 9.17) is 14.5 Å². The monoisotopic (exact) mass is 562 g/mol. The molecule has 184 valence electrons. The molecular formula is C28H27BrN4O2S. The third kappa shape index (κ3) is 5.82. The highest BCUT2D eigenvalue weighted by molar-refractivity contribution is 9.10. The van der Waals surface area contributed by atoms with Crippen molar-refractivity contribution < 1.29 is 9.47 Å². The quantitative estimate of drug-likeness (QED) is 0.166. The van der Waals surface area contributed by atoms with E-state index >= 15 is 0 Å². The zero-order valence-electron chi connectivity index (χ0n) is 20.0. The van der Waals surface area contributed by atoms with Crippen LogP contribution in [0.1, 0.15) is 43.5 Å². The van der Waals surface area contributed by atoms with Gasteiger partial charge in [0.1, 0.15) is 12.4 Å². The molecule has 2 heterocycles. The van der Waals surface area contributed by atoms with Crippen LogP contribution in [0.25, 0.3) is 11.3 Å². The summed E-state index contributed by atoms with van der Waals surface area (Å²) in [7, 11) is 0. The van der Waals surface area contributed by atoms with Gasteiger partial charge >= 0.3 is 0 Å². The molecule has 1 aromatic heterocycles. The number of nitrogens with zero attached hydrogens (tertiary/aromatic N) is 3. The van der Waals surface area contributed by atoms with Gasteiger partial charge in [0.15, 0.2) is 5.69 Å². The highest BCUT2D eigenvalue weighted by Crippen LogP contribution is 2.41. The van der Waals surface area contributed by atoms with Crippen LogP contribution >= 0.6 is 27.7 Å². The maximum absolute atomic E-state index is 6.50. The standard InChI is InChI=1S/C28H27BrN4O2S/c1-2-3-9-16-36-28-31-27-25(32-33-28)21-12-7-8-13-23(21)30-26(35-27)22-17-20(29)14-15-24(22)34-18-19-10-5-4-6-11-19/h4-8,10-15,17,26,30H,2-3,9,16,18H2,1H3. The highest BCUT2D eigenvalue weighted by Gasteiger charge is 2.28. The first-order valence-electron chi connectivity index (χ1n) is 12.1. The van der Waals surface area contributed by atoms with Crippen LogP contribution in [0.4, 0.5) is 5.69 Å². The SMILES string of the molecule is CCCCCSc1nnc2c(n1)OC(c1cc(Br)ccc1OCc1ccccc1)Nc1ccccc1-2. The number of nitrogens with one attached hydrogen (secondary N) is 1. The molecule has 0 fully saturated rings. The number of hydrogen-bond acceptors (Lipinski definition) is 7. The van der Waals surface area contributed by atoms with Crippen LogP contribution in [0.2, 0.25) is 0 Å². The molecular weight excluding hydrogens is 536 g/mol. The second-order valence-corrected chi connectivity index (χ2v) is 10.4. The average Bonchev–Trinajstić information content (AvgIpc) is 3.07. The zero-order valence-corrected chi connectivity index (χ0v) is 22.4. The third-order valence-corrected chi connectivity index (χ3v) is 7.22. The van der Waals surface area contributed by atoms with Gasteiger partial charge in [-0.05, 0) is 36.2 Å². The van der Waals surface area contributed by atoms with E-state index < -0.39 is 6.23 Å². The van der Waals surface area contributed by atoms with Crippen molar-refractivity contribution >= 4 is 33.4 Å². The molecule has 3 aromatic carbocycles. The fraction of sp³-hybridized carbons (Fsp3) is 0.250. The summed E-state index contributed by atoms with van der Waals surface area (Å²) in [6.07, 6.45) is 2.95. The topological polar surface area (TPSA) is 69.2 Å². The van der Waals surface area contributed by atoms with E-state index in [-0.39, 0.29) is 0 Å². The van der Waals surface area contributed by atoms with Gasteiger partial charge in [-0.25, -0.2) is 0 Å². The van der Waals surface area contributed by atoms with E-state index in [1.807, 2.05) is 72.8 Å². The van der Waals surface area contributed by atoms with Crippen LogP contribution in [0.3, 0.4) is 0 Å². The number of anilines is 1. The molecule has 0 saturated carbocycles. The minimum absolute atomic E-state index is 0.456. The van der Waals surface area contributed by atoms with Gasteiger partial charge in [-0.3, -0.25) is 0 Å². The molecule has 0 amide bonds. The van der Waals surface area contributed by atoms with Crippen molar-refractivity contribution in [2.45, 2.75) is 44.2 Å². The van der Waals surface area contributed by atoms with Gasteiger partial charge in [0.2, 0.25) is 17.3 Å². The first-order chi connectivity index (χ1) is 17.7. The van der Waals surface area contributed by atoms with Gasteiger partial charge in [0.05, 0.1) is 5.56 Å². The van der Waals surface area contributed by atoms with Gasteiger partial charge in [-0.1, -0.05) is 96.0 Å². The maximum Gasteiger partial charge on any atom is 0.247 e.